The molecule has 0 radical (unpaired) electrons. The van der Waals surface area contributed by atoms with Gasteiger partial charge in [0.05, 0.1) is 28.4 Å². The summed E-state index contributed by atoms with van der Waals surface area (Å²) < 4.78 is 1.58. The monoisotopic (exact) mass is 480 g/mol. The number of benzene rings is 2. The maximum absolute atomic E-state index is 13.6. The van der Waals surface area contributed by atoms with Gasteiger partial charge in [0.25, 0.3) is 5.56 Å². The number of para-hydroxylation sites is 1. The summed E-state index contributed by atoms with van der Waals surface area (Å²) in [6.45, 7) is 4.14. The SMILES string of the molecule is CC(C)c1ccccc1-n1c(SCC(=O)NC2(C#N)CCCC2)nc2cc(Cl)ccc2c1=O. The normalized spacial score (nSPS) is 15.0. The van der Waals surface area contributed by atoms with E-state index in [4.69, 9.17) is 16.6 Å². The van der Waals surface area contributed by atoms with Crippen LogP contribution in [0, 0.1) is 11.3 Å². The van der Waals surface area contributed by atoms with Gasteiger partial charge in [0.2, 0.25) is 5.91 Å². The number of nitrogens with one attached hydrogen (secondary N) is 1. The molecule has 4 rings (SSSR count). The molecule has 0 bridgehead atoms. The zero-order chi connectivity index (χ0) is 23.6. The summed E-state index contributed by atoms with van der Waals surface area (Å²) >= 11 is 7.34. The van der Waals surface area contributed by atoms with Crippen molar-refractivity contribution in [3.05, 3.63) is 63.4 Å². The molecule has 0 aliphatic heterocycles. The molecule has 0 spiro atoms. The maximum Gasteiger partial charge on any atom is 0.266 e. The van der Waals surface area contributed by atoms with Crippen LogP contribution >= 0.6 is 23.4 Å². The van der Waals surface area contributed by atoms with Crippen LogP contribution in [-0.2, 0) is 4.79 Å². The van der Waals surface area contributed by atoms with Crippen molar-refractivity contribution in [2.24, 2.45) is 0 Å². The molecule has 1 amide bonds. The second-order valence-corrected chi connectivity index (χ2v) is 10.0. The van der Waals surface area contributed by atoms with E-state index in [1.807, 2.05) is 24.3 Å². The van der Waals surface area contributed by atoms with Gasteiger partial charge in [0.15, 0.2) is 5.16 Å². The molecule has 1 N–H and O–H groups in total. The summed E-state index contributed by atoms with van der Waals surface area (Å²) in [5, 5.41) is 13.8. The Morgan fingerprint density at radius 1 is 1.27 bits per heavy atom. The Morgan fingerprint density at radius 3 is 2.70 bits per heavy atom. The van der Waals surface area contributed by atoms with E-state index >= 15 is 0 Å². The second-order valence-electron chi connectivity index (χ2n) is 8.65. The Bertz CT molecular complexity index is 1310. The van der Waals surface area contributed by atoms with Gasteiger partial charge in [-0.2, -0.15) is 5.26 Å². The molecule has 2 aromatic carbocycles. The van der Waals surface area contributed by atoms with Crippen LogP contribution in [0.2, 0.25) is 5.02 Å². The number of carbonyl (C=O) groups excluding carboxylic acids is 1. The number of rotatable bonds is 6. The van der Waals surface area contributed by atoms with Gasteiger partial charge in [-0.05, 0) is 61.4 Å². The van der Waals surface area contributed by atoms with E-state index < -0.39 is 5.54 Å². The van der Waals surface area contributed by atoms with Crippen LogP contribution in [-0.4, -0.2) is 26.8 Å². The van der Waals surface area contributed by atoms with E-state index in [9.17, 15) is 14.9 Å². The highest BCUT2D eigenvalue weighted by atomic mass is 35.5. The highest BCUT2D eigenvalue weighted by Crippen LogP contribution is 2.30. The highest BCUT2D eigenvalue weighted by molar-refractivity contribution is 7.99. The molecule has 1 aliphatic carbocycles. The first-order valence-electron chi connectivity index (χ1n) is 11.0. The predicted octanol–water partition coefficient (Wildman–Crippen LogP) is 5.21. The third-order valence-electron chi connectivity index (χ3n) is 5.98. The largest absolute Gasteiger partial charge is 0.337 e. The molecule has 1 heterocycles. The summed E-state index contributed by atoms with van der Waals surface area (Å²) in [4.78, 5) is 31.0. The van der Waals surface area contributed by atoms with E-state index in [0.29, 0.717) is 33.9 Å². The molecular weight excluding hydrogens is 456 g/mol. The van der Waals surface area contributed by atoms with Crippen LogP contribution in [0.15, 0.2) is 52.4 Å². The number of nitrogens with zero attached hydrogens (tertiary/aromatic N) is 3. The number of thioether (sulfide) groups is 1. The Labute approximate surface area is 202 Å². The van der Waals surface area contributed by atoms with Gasteiger partial charge < -0.3 is 5.32 Å². The third-order valence-corrected chi connectivity index (χ3v) is 7.16. The zero-order valence-electron chi connectivity index (χ0n) is 18.6. The highest BCUT2D eigenvalue weighted by Gasteiger charge is 2.35. The van der Waals surface area contributed by atoms with Crippen molar-refractivity contribution >= 4 is 40.2 Å². The fraction of sp³-hybridized carbons (Fsp3) is 0.360. The van der Waals surface area contributed by atoms with Crippen molar-refractivity contribution in [3.8, 4) is 11.8 Å². The van der Waals surface area contributed by atoms with Crippen LogP contribution in [0.1, 0.15) is 51.0 Å². The lowest BCUT2D eigenvalue weighted by atomic mass is 10.0. The lowest BCUT2D eigenvalue weighted by molar-refractivity contribution is -0.119. The van der Waals surface area contributed by atoms with Crippen molar-refractivity contribution in [3.63, 3.8) is 0 Å². The van der Waals surface area contributed by atoms with Crippen molar-refractivity contribution in [2.45, 2.75) is 56.1 Å². The lowest BCUT2D eigenvalue weighted by Crippen LogP contribution is -2.45. The summed E-state index contributed by atoms with van der Waals surface area (Å²) in [5.74, 6) is -0.00759. The number of amides is 1. The number of carbonyl (C=O) groups is 1. The Hall–Kier alpha value is -2.82. The molecule has 33 heavy (non-hydrogen) atoms. The minimum absolute atomic E-state index is 0.0474. The molecule has 0 unspecified atom stereocenters. The zero-order valence-corrected chi connectivity index (χ0v) is 20.2. The van der Waals surface area contributed by atoms with Crippen LogP contribution in [0.3, 0.4) is 0 Å². The molecule has 0 atom stereocenters. The minimum Gasteiger partial charge on any atom is -0.337 e. The van der Waals surface area contributed by atoms with Gasteiger partial charge in [-0.15, -0.1) is 0 Å². The smallest absolute Gasteiger partial charge is 0.266 e. The standard InChI is InChI=1S/C25H25ClN4O2S/c1-16(2)18-7-3-4-8-21(18)30-23(32)19-10-9-17(26)13-20(19)28-24(30)33-14-22(31)29-25(15-27)11-5-6-12-25/h3-4,7-10,13,16H,5-6,11-12,14H2,1-2H3,(H,29,31). The molecule has 1 aliphatic rings. The van der Waals surface area contributed by atoms with E-state index in [-0.39, 0.29) is 23.1 Å². The van der Waals surface area contributed by atoms with Crippen LogP contribution in [0.4, 0.5) is 0 Å². The van der Waals surface area contributed by atoms with E-state index in [0.717, 1.165) is 24.1 Å². The van der Waals surface area contributed by atoms with Crippen molar-refractivity contribution < 1.29 is 4.79 Å². The molecule has 8 heteroatoms. The molecule has 1 fully saturated rings. The Kier molecular flexibility index (Phi) is 6.78. The predicted molar refractivity (Wildman–Crippen MR) is 132 cm³/mol. The molecule has 6 nitrogen and oxygen atoms in total. The van der Waals surface area contributed by atoms with Gasteiger partial charge in [-0.3, -0.25) is 14.2 Å². The summed E-state index contributed by atoms with van der Waals surface area (Å²) in [6, 6.07) is 15.0. The van der Waals surface area contributed by atoms with Gasteiger partial charge in [-0.25, -0.2) is 4.98 Å². The first-order chi connectivity index (χ1) is 15.8. The number of hydrogen-bond acceptors (Lipinski definition) is 5. The van der Waals surface area contributed by atoms with E-state index in [2.05, 4.69) is 25.2 Å². The van der Waals surface area contributed by atoms with Crippen LogP contribution < -0.4 is 10.9 Å². The topological polar surface area (TPSA) is 87.8 Å². The maximum atomic E-state index is 13.6. The fourth-order valence-electron chi connectivity index (χ4n) is 4.30. The average molecular weight is 481 g/mol. The Morgan fingerprint density at radius 2 is 2.00 bits per heavy atom. The summed E-state index contributed by atoms with van der Waals surface area (Å²) in [5.41, 5.74) is 1.24. The quantitative estimate of drug-likeness (QED) is 0.386. The Balaban J connectivity index is 1.75. The third kappa shape index (κ3) is 4.78. The van der Waals surface area contributed by atoms with Crippen molar-refractivity contribution in [1.29, 1.82) is 5.26 Å². The first-order valence-corrected chi connectivity index (χ1v) is 12.4. The van der Waals surface area contributed by atoms with Gasteiger partial charge >= 0.3 is 0 Å². The molecular formula is C25H25ClN4O2S. The van der Waals surface area contributed by atoms with Crippen molar-refractivity contribution in [1.82, 2.24) is 14.9 Å². The number of aromatic nitrogens is 2. The number of hydrogen-bond donors (Lipinski definition) is 1. The number of fused-ring (bicyclic) bond motifs is 1. The lowest BCUT2D eigenvalue weighted by Gasteiger charge is -2.22. The minimum atomic E-state index is -0.786. The fourth-order valence-corrected chi connectivity index (χ4v) is 5.28. The number of halogens is 1. The second kappa shape index (κ2) is 9.58. The van der Waals surface area contributed by atoms with Gasteiger partial charge in [0.1, 0.15) is 5.54 Å². The molecule has 170 valence electrons. The number of nitriles is 1. The molecule has 1 aromatic heterocycles. The molecule has 3 aromatic rings. The summed E-state index contributed by atoms with van der Waals surface area (Å²) in [7, 11) is 0. The van der Waals surface area contributed by atoms with Gasteiger partial charge in [0, 0.05) is 5.02 Å². The van der Waals surface area contributed by atoms with Crippen LogP contribution in [0.25, 0.3) is 16.6 Å². The van der Waals surface area contributed by atoms with E-state index in [1.54, 1.807) is 22.8 Å². The summed E-state index contributed by atoms with van der Waals surface area (Å²) in [6.07, 6.45) is 3.19. The van der Waals surface area contributed by atoms with E-state index in [1.165, 1.54) is 11.8 Å². The van der Waals surface area contributed by atoms with Crippen molar-refractivity contribution in [2.75, 3.05) is 5.75 Å². The molecule has 1 saturated carbocycles. The average Bonchev–Trinajstić information content (AvgIpc) is 3.26. The molecule has 0 saturated heterocycles. The van der Waals surface area contributed by atoms with Gasteiger partial charge in [-0.1, -0.05) is 55.4 Å². The first kappa shape index (κ1) is 23.3. The van der Waals surface area contributed by atoms with Crippen LogP contribution in [0.5, 0.6) is 0 Å².